The second-order valence-corrected chi connectivity index (χ2v) is 14.5. The fourth-order valence-electron chi connectivity index (χ4n) is 8.23. The Hall–Kier alpha value is -7.48. The predicted octanol–water partition coefficient (Wildman–Crippen LogP) is 15.8. The van der Waals surface area contributed by atoms with Crippen LogP contribution < -0.4 is 4.90 Å². The fourth-order valence-corrected chi connectivity index (χ4v) is 8.23. The van der Waals surface area contributed by atoms with E-state index in [0.717, 1.165) is 22.6 Å². The number of para-hydroxylation sites is 1. The Morgan fingerprint density at radius 3 is 1.30 bits per heavy atom. The van der Waals surface area contributed by atoms with Gasteiger partial charge in [0.1, 0.15) is 0 Å². The van der Waals surface area contributed by atoms with Crippen LogP contribution in [0.3, 0.4) is 0 Å². The zero-order valence-corrected chi connectivity index (χ0v) is 31.5. The molecule has 0 fully saturated rings. The van der Waals surface area contributed by atoms with Crippen LogP contribution >= 0.6 is 0 Å². The molecule has 0 heterocycles. The van der Waals surface area contributed by atoms with Gasteiger partial charge in [0.2, 0.25) is 0 Å². The first-order valence-electron chi connectivity index (χ1n) is 19.6. The third kappa shape index (κ3) is 6.66. The molecule has 0 amide bonds. The molecule has 0 aromatic heterocycles. The third-order valence-electron chi connectivity index (χ3n) is 11.1. The van der Waals surface area contributed by atoms with Crippen molar-refractivity contribution < 1.29 is 0 Å². The van der Waals surface area contributed by atoms with Gasteiger partial charge in [0.15, 0.2) is 0 Å². The monoisotopic (exact) mass is 725 g/mol. The summed E-state index contributed by atoms with van der Waals surface area (Å²) in [5.74, 6) is 0. The molecule has 0 aliphatic rings. The van der Waals surface area contributed by atoms with Crippen molar-refractivity contribution in [3.8, 4) is 55.6 Å². The average Bonchev–Trinajstić information content (AvgIpc) is 3.29. The minimum atomic E-state index is 1.09. The zero-order chi connectivity index (χ0) is 38.0. The second-order valence-electron chi connectivity index (χ2n) is 14.5. The highest BCUT2D eigenvalue weighted by Gasteiger charge is 2.21. The Morgan fingerprint density at radius 2 is 0.649 bits per heavy atom. The molecule has 0 saturated heterocycles. The lowest BCUT2D eigenvalue weighted by Gasteiger charge is -2.29. The van der Waals surface area contributed by atoms with Crippen LogP contribution in [-0.2, 0) is 0 Å². The summed E-state index contributed by atoms with van der Waals surface area (Å²) in [4.78, 5) is 2.42. The van der Waals surface area contributed by atoms with Crippen LogP contribution in [0, 0.1) is 0 Å². The molecular weight excluding hydrogens is 687 g/mol. The maximum Gasteiger partial charge on any atom is 0.0540 e. The summed E-state index contributed by atoms with van der Waals surface area (Å²) in [7, 11) is 0. The van der Waals surface area contributed by atoms with Crippen LogP contribution in [0.2, 0.25) is 0 Å². The Labute approximate surface area is 334 Å². The van der Waals surface area contributed by atoms with Crippen molar-refractivity contribution in [3.05, 3.63) is 237 Å². The average molecular weight is 726 g/mol. The fraction of sp³-hybridized carbons (Fsp3) is 0. The van der Waals surface area contributed by atoms with Crippen molar-refractivity contribution in [1.82, 2.24) is 0 Å². The van der Waals surface area contributed by atoms with Gasteiger partial charge in [-0.15, -0.1) is 0 Å². The molecule has 10 aromatic carbocycles. The standard InChI is InChI=1S/C56H39N/c1-2-17-43(18-3-1)51-23-8-9-24-52(51)53-25-10-11-26-54(53)55-27-12-13-28-56(55)57(49-35-33-42(34-36-49)47-31-29-40-15-4-6-19-44(40)37-47)50-22-14-21-46(39-50)48-32-30-41-16-5-7-20-45(41)38-48/h1-39H. The molecule has 268 valence electrons. The summed E-state index contributed by atoms with van der Waals surface area (Å²) in [6.07, 6.45) is 0. The number of fused-ring (bicyclic) bond motifs is 2. The molecule has 0 saturated carbocycles. The van der Waals surface area contributed by atoms with Gasteiger partial charge < -0.3 is 4.90 Å². The minimum absolute atomic E-state index is 1.09. The summed E-state index contributed by atoms with van der Waals surface area (Å²) >= 11 is 0. The van der Waals surface area contributed by atoms with E-state index in [2.05, 4.69) is 241 Å². The number of anilines is 3. The van der Waals surface area contributed by atoms with Gasteiger partial charge in [0.05, 0.1) is 5.69 Å². The lowest BCUT2D eigenvalue weighted by atomic mass is 9.88. The molecule has 0 aliphatic heterocycles. The highest BCUT2D eigenvalue weighted by atomic mass is 15.1. The maximum absolute atomic E-state index is 2.42. The van der Waals surface area contributed by atoms with Crippen LogP contribution in [0.5, 0.6) is 0 Å². The van der Waals surface area contributed by atoms with Crippen LogP contribution in [0.1, 0.15) is 0 Å². The molecule has 0 atom stereocenters. The smallest absolute Gasteiger partial charge is 0.0540 e. The van der Waals surface area contributed by atoms with Gasteiger partial charge in [-0.1, -0.05) is 194 Å². The zero-order valence-electron chi connectivity index (χ0n) is 31.5. The molecule has 0 spiro atoms. The number of rotatable bonds is 8. The molecule has 1 heteroatoms. The van der Waals surface area contributed by atoms with Crippen molar-refractivity contribution in [2.24, 2.45) is 0 Å². The topological polar surface area (TPSA) is 3.24 Å². The Kier molecular flexibility index (Phi) is 8.95. The van der Waals surface area contributed by atoms with E-state index < -0.39 is 0 Å². The Bertz CT molecular complexity index is 3010. The van der Waals surface area contributed by atoms with E-state index in [-0.39, 0.29) is 0 Å². The molecule has 57 heavy (non-hydrogen) atoms. The minimum Gasteiger partial charge on any atom is -0.310 e. The molecule has 10 rings (SSSR count). The molecular formula is C56H39N. The molecule has 0 bridgehead atoms. The van der Waals surface area contributed by atoms with Gasteiger partial charge in [0, 0.05) is 16.9 Å². The van der Waals surface area contributed by atoms with Crippen molar-refractivity contribution in [2.75, 3.05) is 4.90 Å². The Morgan fingerprint density at radius 1 is 0.211 bits per heavy atom. The van der Waals surface area contributed by atoms with Crippen molar-refractivity contribution in [1.29, 1.82) is 0 Å². The van der Waals surface area contributed by atoms with E-state index >= 15 is 0 Å². The van der Waals surface area contributed by atoms with E-state index in [4.69, 9.17) is 0 Å². The number of hydrogen-bond acceptors (Lipinski definition) is 1. The van der Waals surface area contributed by atoms with E-state index in [9.17, 15) is 0 Å². The largest absolute Gasteiger partial charge is 0.310 e. The van der Waals surface area contributed by atoms with Gasteiger partial charge in [-0.05, 0) is 114 Å². The molecule has 0 aliphatic carbocycles. The van der Waals surface area contributed by atoms with Gasteiger partial charge >= 0.3 is 0 Å². The summed E-state index contributed by atoms with van der Waals surface area (Å²) in [6.45, 7) is 0. The number of benzene rings is 10. The molecule has 10 aromatic rings. The molecule has 0 N–H and O–H groups in total. The van der Waals surface area contributed by atoms with Gasteiger partial charge in [0.25, 0.3) is 0 Å². The van der Waals surface area contributed by atoms with Crippen LogP contribution in [-0.4, -0.2) is 0 Å². The van der Waals surface area contributed by atoms with Gasteiger partial charge in [-0.3, -0.25) is 0 Å². The highest BCUT2D eigenvalue weighted by molar-refractivity contribution is 5.98. The van der Waals surface area contributed by atoms with Gasteiger partial charge in [-0.25, -0.2) is 0 Å². The van der Waals surface area contributed by atoms with Crippen molar-refractivity contribution in [3.63, 3.8) is 0 Å². The first-order valence-corrected chi connectivity index (χ1v) is 19.6. The lowest BCUT2D eigenvalue weighted by molar-refractivity contribution is 1.28. The van der Waals surface area contributed by atoms with E-state index in [1.807, 2.05) is 0 Å². The normalized spacial score (nSPS) is 11.2. The Balaban J connectivity index is 1.14. The van der Waals surface area contributed by atoms with Crippen LogP contribution in [0.25, 0.3) is 77.2 Å². The number of hydrogen-bond donors (Lipinski definition) is 0. The quantitative estimate of drug-likeness (QED) is 0.151. The SMILES string of the molecule is c1ccc(-c2ccccc2-c2ccccc2-c2ccccc2N(c2ccc(-c3ccc4ccccc4c3)cc2)c2cccc(-c3ccc4ccccc4c3)c2)cc1. The second kappa shape index (κ2) is 15.0. The third-order valence-corrected chi connectivity index (χ3v) is 11.1. The first-order chi connectivity index (χ1) is 28.3. The van der Waals surface area contributed by atoms with E-state index in [0.29, 0.717) is 0 Å². The van der Waals surface area contributed by atoms with Crippen LogP contribution in [0.4, 0.5) is 17.1 Å². The van der Waals surface area contributed by atoms with Gasteiger partial charge in [-0.2, -0.15) is 0 Å². The van der Waals surface area contributed by atoms with Crippen LogP contribution in [0.15, 0.2) is 237 Å². The molecule has 1 nitrogen and oxygen atoms in total. The highest BCUT2D eigenvalue weighted by Crippen LogP contribution is 2.46. The van der Waals surface area contributed by atoms with Crippen molar-refractivity contribution >= 4 is 38.6 Å². The van der Waals surface area contributed by atoms with E-state index in [1.54, 1.807) is 0 Å². The summed E-state index contributed by atoms with van der Waals surface area (Å²) in [5, 5.41) is 4.97. The number of nitrogens with zero attached hydrogens (tertiary/aromatic N) is 1. The first kappa shape index (κ1) is 34.0. The molecule has 0 radical (unpaired) electrons. The predicted molar refractivity (Wildman–Crippen MR) is 243 cm³/mol. The summed E-state index contributed by atoms with van der Waals surface area (Å²) in [5.41, 5.74) is 15.2. The summed E-state index contributed by atoms with van der Waals surface area (Å²) in [6, 6.07) is 85.7. The summed E-state index contributed by atoms with van der Waals surface area (Å²) < 4.78 is 0. The maximum atomic E-state index is 2.42. The van der Waals surface area contributed by atoms with E-state index in [1.165, 1.54) is 71.6 Å². The van der Waals surface area contributed by atoms with Crippen molar-refractivity contribution in [2.45, 2.75) is 0 Å². The molecule has 0 unspecified atom stereocenters. The lowest BCUT2D eigenvalue weighted by Crippen LogP contribution is -2.11.